The third kappa shape index (κ3) is 5.35. The van der Waals surface area contributed by atoms with Crippen LogP contribution in [0, 0.1) is 6.92 Å². The highest BCUT2D eigenvalue weighted by Gasteiger charge is 2.06. The molecule has 0 fully saturated rings. The van der Waals surface area contributed by atoms with Crippen molar-refractivity contribution in [2.45, 2.75) is 13.8 Å². The van der Waals surface area contributed by atoms with Crippen LogP contribution in [0.5, 0.6) is 11.5 Å². The molecule has 154 valence electrons. The van der Waals surface area contributed by atoms with E-state index in [0.717, 1.165) is 5.56 Å². The van der Waals surface area contributed by atoms with Crippen molar-refractivity contribution in [1.82, 2.24) is 9.97 Å². The minimum atomic E-state index is -0.286. The lowest BCUT2D eigenvalue weighted by Crippen LogP contribution is -2.10. The van der Waals surface area contributed by atoms with Crippen LogP contribution in [0.1, 0.15) is 18.2 Å². The van der Waals surface area contributed by atoms with Crippen LogP contribution in [0.25, 0.3) is 17.5 Å². The summed E-state index contributed by atoms with van der Waals surface area (Å²) >= 11 is 0. The molecular formula is C23H23N3O4. The summed E-state index contributed by atoms with van der Waals surface area (Å²) in [5, 5.41) is 2.81. The molecule has 0 aliphatic rings. The van der Waals surface area contributed by atoms with E-state index in [0.29, 0.717) is 40.9 Å². The molecule has 0 saturated heterocycles. The van der Waals surface area contributed by atoms with Crippen molar-refractivity contribution in [1.29, 1.82) is 0 Å². The normalized spacial score (nSPS) is 10.8. The minimum absolute atomic E-state index is 0.222. The number of benzene rings is 2. The van der Waals surface area contributed by atoms with Gasteiger partial charge in [0.1, 0.15) is 5.82 Å². The maximum atomic E-state index is 12.3. The van der Waals surface area contributed by atoms with E-state index in [2.05, 4.69) is 15.3 Å². The average molecular weight is 405 g/mol. The predicted octanol–water partition coefficient (Wildman–Crippen LogP) is 3.80. The average Bonchev–Trinajstić information content (AvgIpc) is 2.72. The number of anilines is 1. The van der Waals surface area contributed by atoms with Gasteiger partial charge in [0.05, 0.1) is 13.7 Å². The summed E-state index contributed by atoms with van der Waals surface area (Å²) in [5.41, 5.74) is 2.50. The molecular weight excluding hydrogens is 382 g/mol. The highest BCUT2D eigenvalue weighted by molar-refractivity contribution is 6.02. The number of hydrogen-bond acceptors (Lipinski definition) is 5. The smallest absolute Gasteiger partial charge is 0.251 e. The van der Waals surface area contributed by atoms with Gasteiger partial charge in [-0.15, -0.1) is 0 Å². The number of aromatic nitrogens is 2. The number of H-pyrrole nitrogens is 1. The Hall–Kier alpha value is -3.87. The molecule has 2 N–H and O–H groups in total. The van der Waals surface area contributed by atoms with Gasteiger partial charge in [-0.2, -0.15) is 0 Å². The van der Waals surface area contributed by atoms with Crippen molar-refractivity contribution in [3.05, 3.63) is 76.2 Å². The van der Waals surface area contributed by atoms with Crippen molar-refractivity contribution < 1.29 is 14.3 Å². The monoisotopic (exact) mass is 405 g/mol. The lowest BCUT2D eigenvalue weighted by atomic mass is 10.1. The first-order valence-corrected chi connectivity index (χ1v) is 9.47. The number of nitrogens with zero attached hydrogens (tertiary/aromatic N) is 1. The first-order chi connectivity index (χ1) is 14.5. The minimum Gasteiger partial charge on any atom is -0.493 e. The van der Waals surface area contributed by atoms with Gasteiger partial charge < -0.3 is 19.8 Å². The summed E-state index contributed by atoms with van der Waals surface area (Å²) in [7, 11) is 1.57. The van der Waals surface area contributed by atoms with Gasteiger partial charge in [-0.05, 0) is 49.8 Å². The van der Waals surface area contributed by atoms with E-state index in [4.69, 9.17) is 9.47 Å². The van der Waals surface area contributed by atoms with E-state index < -0.39 is 0 Å². The number of rotatable bonds is 7. The number of carbonyl (C=O) groups excluding carboxylic acids is 1. The van der Waals surface area contributed by atoms with E-state index in [1.54, 1.807) is 50.4 Å². The largest absolute Gasteiger partial charge is 0.493 e. The van der Waals surface area contributed by atoms with Crippen LogP contribution in [-0.2, 0) is 4.79 Å². The molecule has 3 rings (SSSR count). The maximum Gasteiger partial charge on any atom is 0.251 e. The molecule has 3 aromatic rings. The Labute approximate surface area is 174 Å². The standard InChI is InChI=1S/C23H23N3O4/c1-4-30-19-10-8-16(13-20(19)29-3)9-11-21(27)25-18-7-5-6-17(14-18)23-24-15(2)12-22(28)26-23/h5-14H,4H2,1-3H3,(H,25,27)(H,24,26,28). The Bertz CT molecular complexity index is 1140. The molecule has 1 heterocycles. The molecule has 0 saturated carbocycles. The third-order valence-electron chi connectivity index (χ3n) is 4.19. The van der Waals surface area contributed by atoms with Gasteiger partial charge in [0.25, 0.3) is 5.56 Å². The van der Waals surface area contributed by atoms with Crippen LogP contribution in [0.2, 0.25) is 0 Å². The molecule has 1 aromatic heterocycles. The topological polar surface area (TPSA) is 93.3 Å². The number of amides is 1. The molecule has 0 bridgehead atoms. The highest BCUT2D eigenvalue weighted by atomic mass is 16.5. The second-order valence-corrected chi connectivity index (χ2v) is 6.48. The van der Waals surface area contributed by atoms with Gasteiger partial charge in [0.15, 0.2) is 11.5 Å². The van der Waals surface area contributed by atoms with Crippen LogP contribution in [-0.4, -0.2) is 29.6 Å². The van der Waals surface area contributed by atoms with Crippen molar-refractivity contribution >= 4 is 17.7 Å². The number of nitrogens with one attached hydrogen (secondary N) is 2. The van der Waals surface area contributed by atoms with Crippen LogP contribution < -0.4 is 20.3 Å². The maximum absolute atomic E-state index is 12.3. The number of hydrogen-bond donors (Lipinski definition) is 2. The Balaban J connectivity index is 1.73. The number of carbonyl (C=O) groups is 1. The summed E-state index contributed by atoms with van der Waals surface area (Å²) in [6.07, 6.45) is 3.13. The van der Waals surface area contributed by atoms with E-state index in [-0.39, 0.29) is 11.5 Å². The zero-order chi connectivity index (χ0) is 21.5. The molecule has 0 aliphatic heterocycles. The zero-order valence-electron chi connectivity index (χ0n) is 17.1. The summed E-state index contributed by atoms with van der Waals surface area (Å²) < 4.78 is 10.8. The van der Waals surface area contributed by atoms with E-state index in [9.17, 15) is 9.59 Å². The van der Waals surface area contributed by atoms with Crippen LogP contribution >= 0.6 is 0 Å². The zero-order valence-corrected chi connectivity index (χ0v) is 17.1. The van der Waals surface area contributed by atoms with Gasteiger partial charge in [-0.3, -0.25) is 9.59 Å². The van der Waals surface area contributed by atoms with Gasteiger partial charge in [0.2, 0.25) is 5.91 Å². The van der Waals surface area contributed by atoms with E-state index in [1.165, 1.54) is 12.1 Å². The molecule has 0 radical (unpaired) electrons. The molecule has 0 spiro atoms. The van der Waals surface area contributed by atoms with Crippen LogP contribution in [0.15, 0.2) is 59.4 Å². The Morgan fingerprint density at radius 1 is 1.17 bits per heavy atom. The van der Waals surface area contributed by atoms with Gasteiger partial charge in [-0.25, -0.2) is 4.98 Å². The van der Waals surface area contributed by atoms with Gasteiger partial charge in [0, 0.05) is 29.1 Å². The molecule has 2 aromatic carbocycles. The van der Waals surface area contributed by atoms with Crippen molar-refractivity contribution in [3.8, 4) is 22.9 Å². The first-order valence-electron chi connectivity index (χ1n) is 9.47. The molecule has 1 amide bonds. The number of methoxy groups -OCH3 is 1. The first kappa shape index (κ1) is 20.9. The van der Waals surface area contributed by atoms with E-state index in [1.807, 2.05) is 19.1 Å². The molecule has 30 heavy (non-hydrogen) atoms. The molecule has 0 atom stereocenters. The Morgan fingerprint density at radius 3 is 2.73 bits per heavy atom. The second-order valence-electron chi connectivity index (χ2n) is 6.48. The quantitative estimate of drug-likeness (QED) is 0.583. The van der Waals surface area contributed by atoms with Gasteiger partial charge in [-0.1, -0.05) is 18.2 Å². The van der Waals surface area contributed by atoms with Crippen molar-refractivity contribution in [2.75, 3.05) is 19.0 Å². The molecule has 7 nitrogen and oxygen atoms in total. The van der Waals surface area contributed by atoms with Gasteiger partial charge >= 0.3 is 0 Å². The molecule has 0 unspecified atom stereocenters. The fraction of sp³-hybridized carbons (Fsp3) is 0.174. The summed E-state index contributed by atoms with van der Waals surface area (Å²) in [6, 6.07) is 14.0. The predicted molar refractivity (Wildman–Crippen MR) is 117 cm³/mol. The van der Waals surface area contributed by atoms with Crippen LogP contribution in [0.3, 0.4) is 0 Å². The van der Waals surface area contributed by atoms with Crippen molar-refractivity contribution in [3.63, 3.8) is 0 Å². The lowest BCUT2D eigenvalue weighted by molar-refractivity contribution is -0.111. The second kappa shape index (κ2) is 9.56. The fourth-order valence-corrected chi connectivity index (χ4v) is 2.88. The van der Waals surface area contributed by atoms with E-state index >= 15 is 0 Å². The summed E-state index contributed by atoms with van der Waals surface area (Å²) in [6.45, 7) is 4.20. The fourth-order valence-electron chi connectivity index (χ4n) is 2.88. The summed E-state index contributed by atoms with van der Waals surface area (Å²) in [4.78, 5) is 31.1. The Morgan fingerprint density at radius 2 is 2.00 bits per heavy atom. The third-order valence-corrected chi connectivity index (χ3v) is 4.19. The lowest BCUT2D eigenvalue weighted by Gasteiger charge is -2.09. The highest BCUT2D eigenvalue weighted by Crippen LogP contribution is 2.28. The number of ether oxygens (including phenoxy) is 2. The number of aryl methyl sites for hydroxylation is 1. The molecule has 7 heteroatoms. The van der Waals surface area contributed by atoms with Crippen molar-refractivity contribution in [2.24, 2.45) is 0 Å². The Kier molecular flexibility index (Phi) is 6.64. The number of aromatic amines is 1. The molecule has 0 aliphatic carbocycles. The summed E-state index contributed by atoms with van der Waals surface area (Å²) in [5.74, 6) is 1.42. The SMILES string of the molecule is CCOc1ccc(C=CC(=O)Nc2cccc(-c3nc(C)cc(=O)[nH]3)c2)cc1OC. The van der Waals surface area contributed by atoms with Crippen LogP contribution in [0.4, 0.5) is 5.69 Å².